The Balaban J connectivity index is 4.05. The van der Waals surface area contributed by atoms with E-state index >= 15 is 0 Å². The van der Waals surface area contributed by atoms with Crippen molar-refractivity contribution in [3.63, 3.8) is 0 Å². The maximum Gasteiger partial charge on any atom is 0.315 e. The summed E-state index contributed by atoms with van der Waals surface area (Å²) in [6.07, 6.45) is -0.578. The number of amides is 2. The van der Waals surface area contributed by atoms with Gasteiger partial charge in [-0.05, 0) is 34.6 Å². The molecule has 0 heterocycles. The Hall–Kier alpha value is -0.770. The van der Waals surface area contributed by atoms with Gasteiger partial charge in [0.25, 0.3) is 0 Å². The summed E-state index contributed by atoms with van der Waals surface area (Å²) in [5.41, 5.74) is -0.598. The highest BCUT2D eigenvalue weighted by Crippen LogP contribution is 2.07. The summed E-state index contributed by atoms with van der Waals surface area (Å²) in [6.45, 7) is 8.97. The number of carbonyl (C=O) groups is 1. The highest BCUT2D eigenvalue weighted by molar-refractivity contribution is 5.75. The summed E-state index contributed by atoms with van der Waals surface area (Å²) in [5.74, 6) is 0. The Morgan fingerprint density at radius 3 is 2.08 bits per heavy atom. The maximum absolute atomic E-state index is 11.2. The van der Waals surface area contributed by atoms with Gasteiger partial charge in [0, 0.05) is 6.04 Å². The van der Waals surface area contributed by atoms with Gasteiger partial charge in [-0.15, -0.1) is 0 Å². The van der Waals surface area contributed by atoms with Crippen molar-refractivity contribution in [1.29, 1.82) is 0 Å². The summed E-state index contributed by atoms with van der Waals surface area (Å²) in [6, 6.07) is -0.148. The normalized spacial score (nSPS) is 14.1. The third-order valence-electron chi connectivity index (χ3n) is 1.90. The Morgan fingerprint density at radius 1 is 1.31 bits per heavy atom. The smallest absolute Gasteiger partial charge is 0.315 e. The largest absolute Gasteiger partial charge is 0.391 e. The Morgan fingerprint density at radius 2 is 1.77 bits per heavy atom. The van der Waals surface area contributed by atoms with Crippen molar-refractivity contribution < 1.29 is 9.90 Å². The number of hydrogen-bond donors (Lipinski definition) is 3. The quantitative estimate of drug-likeness (QED) is 0.615. The summed E-state index contributed by atoms with van der Waals surface area (Å²) >= 11 is 0. The molecule has 0 radical (unpaired) electrons. The van der Waals surface area contributed by atoms with Crippen molar-refractivity contribution in [3.8, 4) is 0 Å². The van der Waals surface area contributed by atoms with Crippen molar-refractivity contribution in [2.75, 3.05) is 0 Å². The van der Waals surface area contributed by atoms with Gasteiger partial charge in [-0.2, -0.15) is 0 Å². The molecule has 1 unspecified atom stereocenters. The lowest BCUT2D eigenvalue weighted by Crippen LogP contribution is -2.55. The van der Waals surface area contributed by atoms with Crippen LogP contribution in [0.25, 0.3) is 0 Å². The van der Waals surface area contributed by atoms with Gasteiger partial charge in [-0.25, -0.2) is 4.79 Å². The SMILES string of the molecule is CC(C)NC(=O)NC(C)(C)C(C)O. The monoisotopic (exact) mass is 188 g/mol. The molecule has 0 saturated carbocycles. The van der Waals surface area contributed by atoms with Gasteiger partial charge in [0.15, 0.2) is 0 Å². The van der Waals surface area contributed by atoms with Gasteiger partial charge in [-0.3, -0.25) is 0 Å². The van der Waals surface area contributed by atoms with E-state index in [4.69, 9.17) is 0 Å². The number of hydrogen-bond acceptors (Lipinski definition) is 2. The summed E-state index contributed by atoms with van der Waals surface area (Å²) < 4.78 is 0. The van der Waals surface area contributed by atoms with Crippen LogP contribution in [-0.2, 0) is 0 Å². The minimum atomic E-state index is -0.598. The maximum atomic E-state index is 11.2. The second-order valence-corrected chi connectivity index (χ2v) is 4.15. The molecule has 78 valence electrons. The standard InChI is InChI=1S/C9H20N2O2/c1-6(2)10-8(13)11-9(4,5)7(3)12/h6-7,12H,1-5H3,(H2,10,11,13). The minimum Gasteiger partial charge on any atom is -0.391 e. The molecule has 0 saturated heterocycles. The Bertz CT molecular complexity index is 176. The lowest BCUT2D eigenvalue weighted by molar-refractivity contribution is 0.101. The summed E-state index contributed by atoms with van der Waals surface area (Å²) in [5, 5.41) is 14.7. The van der Waals surface area contributed by atoms with E-state index in [0.29, 0.717) is 0 Å². The molecule has 0 aromatic heterocycles. The number of aliphatic hydroxyl groups excluding tert-OH is 1. The molecule has 3 N–H and O–H groups in total. The van der Waals surface area contributed by atoms with E-state index in [-0.39, 0.29) is 12.1 Å². The predicted molar refractivity (Wildman–Crippen MR) is 52.6 cm³/mol. The second kappa shape index (κ2) is 4.46. The third kappa shape index (κ3) is 4.72. The van der Waals surface area contributed by atoms with Gasteiger partial charge in [-0.1, -0.05) is 0 Å². The Labute approximate surface area is 79.7 Å². The van der Waals surface area contributed by atoms with Gasteiger partial charge in [0.2, 0.25) is 0 Å². The first-order valence-corrected chi connectivity index (χ1v) is 4.52. The lowest BCUT2D eigenvalue weighted by atomic mass is 9.99. The molecule has 13 heavy (non-hydrogen) atoms. The van der Waals surface area contributed by atoms with Crippen LogP contribution in [0.2, 0.25) is 0 Å². The summed E-state index contributed by atoms with van der Waals surface area (Å²) in [4.78, 5) is 11.2. The number of nitrogens with one attached hydrogen (secondary N) is 2. The van der Waals surface area contributed by atoms with Gasteiger partial charge in [0.05, 0.1) is 11.6 Å². The molecular formula is C9H20N2O2. The molecule has 0 fully saturated rings. The molecule has 0 aromatic carbocycles. The highest BCUT2D eigenvalue weighted by atomic mass is 16.3. The fourth-order valence-corrected chi connectivity index (χ4v) is 0.695. The highest BCUT2D eigenvalue weighted by Gasteiger charge is 2.25. The number of urea groups is 1. The molecule has 0 aliphatic carbocycles. The zero-order valence-corrected chi connectivity index (χ0v) is 9.01. The van der Waals surface area contributed by atoms with Gasteiger partial charge < -0.3 is 15.7 Å². The molecule has 1 atom stereocenters. The zero-order valence-electron chi connectivity index (χ0n) is 9.01. The summed E-state index contributed by atoms with van der Waals surface area (Å²) in [7, 11) is 0. The van der Waals surface area contributed by atoms with Crippen molar-refractivity contribution in [1.82, 2.24) is 10.6 Å². The molecule has 2 amide bonds. The first-order chi connectivity index (χ1) is 5.75. The van der Waals surface area contributed by atoms with Gasteiger partial charge >= 0.3 is 6.03 Å². The molecule has 0 aromatic rings. The zero-order chi connectivity index (χ0) is 10.6. The third-order valence-corrected chi connectivity index (χ3v) is 1.90. The van der Waals surface area contributed by atoms with Crippen molar-refractivity contribution in [2.24, 2.45) is 0 Å². The van der Waals surface area contributed by atoms with Crippen molar-refractivity contribution in [3.05, 3.63) is 0 Å². The van der Waals surface area contributed by atoms with Crippen LogP contribution in [0, 0.1) is 0 Å². The molecule has 0 rings (SSSR count). The van der Waals surface area contributed by atoms with Crippen LogP contribution in [0.1, 0.15) is 34.6 Å². The van der Waals surface area contributed by atoms with E-state index in [1.807, 2.05) is 13.8 Å². The number of aliphatic hydroxyl groups is 1. The van der Waals surface area contributed by atoms with Crippen LogP contribution in [0.3, 0.4) is 0 Å². The molecule has 0 aliphatic heterocycles. The van der Waals surface area contributed by atoms with E-state index in [9.17, 15) is 9.90 Å². The lowest BCUT2D eigenvalue weighted by Gasteiger charge is -2.29. The number of rotatable bonds is 3. The molecular weight excluding hydrogens is 168 g/mol. The molecule has 0 bridgehead atoms. The van der Waals surface area contributed by atoms with Crippen molar-refractivity contribution in [2.45, 2.75) is 52.3 Å². The predicted octanol–water partition coefficient (Wildman–Crippen LogP) is 0.853. The van der Waals surface area contributed by atoms with E-state index < -0.39 is 11.6 Å². The first-order valence-electron chi connectivity index (χ1n) is 4.52. The first kappa shape index (κ1) is 12.2. The molecule has 4 nitrogen and oxygen atoms in total. The molecule has 0 aliphatic rings. The topological polar surface area (TPSA) is 61.4 Å². The fraction of sp³-hybridized carbons (Fsp3) is 0.889. The average molecular weight is 188 g/mol. The van der Waals surface area contributed by atoms with E-state index in [0.717, 1.165) is 0 Å². The van der Waals surface area contributed by atoms with Crippen LogP contribution in [0.15, 0.2) is 0 Å². The Kier molecular flexibility index (Phi) is 4.20. The van der Waals surface area contributed by atoms with Crippen LogP contribution < -0.4 is 10.6 Å². The van der Waals surface area contributed by atoms with E-state index in [1.165, 1.54) is 0 Å². The number of carbonyl (C=O) groups excluding carboxylic acids is 1. The van der Waals surface area contributed by atoms with Crippen molar-refractivity contribution >= 4 is 6.03 Å². The fourth-order valence-electron chi connectivity index (χ4n) is 0.695. The van der Waals surface area contributed by atoms with Crippen LogP contribution in [0.5, 0.6) is 0 Å². The molecule has 4 heteroatoms. The van der Waals surface area contributed by atoms with Crippen LogP contribution in [0.4, 0.5) is 4.79 Å². The van der Waals surface area contributed by atoms with Gasteiger partial charge in [0.1, 0.15) is 0 Å². The van der Waals surface area contributed by atoms with Crippen LogP contribution in [-0.4, -0.2) is 28.8 Å². The van der Waals surface area contributed by atoms with Crippen LogP contribution >= 0.6 is 0 Å². The second-order valence-electron chi connectivity index (χ2n) is 4.15. The van der Waals surface area contributed by atoms with E-state index in [1.54, 1.807) is 20.8 Å². The average Bonchev–Trinajstić information content (AvgIpc) is 1.82. The van der Waals surface area contributed by atoms with E-state index in [2.05, 4.69) is 10.6 Å². The molecule has 0 spiro atoms. The minimum absolute atomic E-state index is 0.102.